The molecule has 72 valence electrons. The zero-order valence-corrected chi connectivity index (χ0v) is 7.51. The van der Waals surface area contributed by atoms with Gasteiger partial charge in [0.15, 0.2) is 0 Å². The van der Waals surface area contributed by atoms with E-state index in [1.165, 1.54) is 0 Å². The van der Waals surface area contributed by atoms with Crippen LogP contribution in [0.2, 0.25) is 0 Å². The molecular weight excluding hydrogens is 189 g/mol. The Bertz CT molecular complexity index is 147. The number of halogens is 4. The van der Waals surface area contributed by atoms with E-state index in [0.717, 1.165) is 12.8 Å². The summed E-state index contributed by atoms with van der Waals surface area (Å²) >= 11 is 5.57. The molecule has 0 aliphatic heterocycles. The normalized spacial score (nSPS) is 23.0. The molecule has 1 aliphatic rings. The summed E-state index contributed by atoms with van der Waals surface area (Å²) in [5.41, 5.74) is -0.639. The van der Waals surface area contributed by atoms with E-state index in [-0.39, 0.29) is 5.88 Å². The van der Waals surface area contributed by atoms with Gasteiger partial charge in [-0.3, -0.25) is 0 Å². The minimum Gasteiger partial charge on any atom is -0.171 e. The third kappa shape index (κ3) is 2.54. The quantitative estimate of drug-likeness (QED) is 0.596. The predicted molar refractivity (Wildman–Crippen MR) is 42.3 cm³/mol. The van der Waals surface area contributed by atoms with E-state index in [1.54, 1.807) is 0 Å². The SMILES string of the molecule is FC(F)(F)CC1(CCl)CCCC1. The molecule has 0 bridgehead atoms. The first-order chi connectivity index (χ1) is 5.47. The summed E-state index contributed by atoms with van der Waals surface area (Å²) in [7, 11) is 0. The fourth-order valence-corrected chi connectivity index (χ4v) is 2.27. The Morgan fingerprint density at radius 2 is 1.67 bits per heavy atom. The second kappa shape index (κ2) is 3.44. The van der Waals surface area contributed by atoms with Gasteiger partial charge in [-0.25, -0.2) is 0 Å². The summed E-state index contributed by atoms with van der Waals surface area (Å²) < 4.78 is 36.2. The molecule has 0 aromatic carbocycles. The molecule has 0 aromatic rings. The highest BCUT2D eigenvalue weighted by atomic mass is 35.5. The Labute approximate surface area is 75.1 Å². The van der Waals surface area contributed by atoms with Gasteiger partial charge < -0.3 is 0 Å². The largest absolute Gasteiger partial charge is 0.389 e. The minimum absolute atomic E-state index is 0.145. The van der Waals surface area contributed by atoms with Crippen molar-refractivity contribution in [1.82, 2.24) is 0 Å². The van der Waals surface area contributed by atoms with Crippen LogP contribution in [0.25, 0.3) is 0 Å². The van der Waals surface area contributed by atoms with Gasteiger partial charge in [-0.05, 0) is 18.3 Å². The first-order valence-electron chi connectivity index (χ1n) is 4.10. The van der Waals surface area contributed by atoms with Crippen LogP contribution in [0.15, 0.2) is 0 Å². The molecular formula is C8H12ClF3. The predicted octanol–water partition coefficient (Wildman–Crippen LogP) is 3.74. The maximum atomic E-state index is 12.1. The van der Waals surface area contributed by atoms with Gasteiger partial charge >= 0.3 is 6.18 Å². The van der Waals surface area contributed by atoms with Crippen LogP contribution >= 0.6 is 11.6 Å². The highest BCUT2D eigenvalue weighted by molar-refractivity contribution is 6.18. The standard InChI is InChI=1S/C8H12ClF3/c9-6-7(3-1-2-4-7)5-8(10,11)12/h1-6H2. The molecule has 0 N–H and O–H groups in total. The zero-order chi connectivity index (χ0) is 9.24. The maximum Gasteiger partial charge on any atom is 0.389 e. The van der Waals surface area contributed by atoms with Crippen LogP contribution in [0.4, 0.5) is 13.2 Å². The van der Waals surface area contributed by atoms with Crippen molar-refractivity contribution in [2.45, 2.75) is 38.3 Å². The third-order valence-corrected chi connectivity index (χ3v) is 3.09. The molecule has 1 aliphatic carbocycles. The van der Waals surface area contributed by atoms with Crippen molar-refractivity contribution < 1.29 is 13.2 Å². The van der Waals surface area contributed by atoms with Gasteiger partial charge in [-0.1, -0.05) is 12.8 Å². The van der Waals surface area contributed by atoms with E-state index >= 15 is 0 Å². The van der Waals surface area contributed by atoms with Crippen LogP contribution in [-0.2, 0) is 0 Å². The van der Waals surface area contributed by atoms with Crippen molar-refractivity contribution in [1.29, 1.82) is 0 Å². The lowest BCUT2D eigenvalue weighted by molar-refractivity contribution is -0.155. The topological polar surface area (TPSA) is 0 Å². The summed E-state index contributed by atoms with van der Waals surface area (Å²) in [6.45, 7) is 0. The molecule has 0 unspecified atom stereocenters. The van der Waals surface area contributed by atoms with Gasteiger partial charge in [0.05, 0.1) is 6.42 Å². The Kier molecular flexibility index (Phi) is 2.92. The van der Waals surface area contributed by atoms with E-state index in [2.05, 4.69) is 0 Å². The van der Waals surface area contributed by atoms with E-state index in [0.29, 0.717) is 12.8 Å². The summed E-state index contributed by atoms with van der Waals surface area (Å²) in [6, 6.07) is 0. The van der Waals surface area contributed by atoms with Crippen molar-refractivity contribution in [3.63, 3.8) is 0 Å². The van der Waals surface area contributed by atoms with Gasteiger partial charge in [-0.15, -0.1) is 11.6 Å². The van der Waals surface area contributed by atoms with Gasteiger partial charge in [0.1, 0.15) is 0 Å². The molecule has 4 heteroatoms. The van der Waals surface area contributed by atoms with Crippen LogP contribution in [-0.4, -0.2) is 12.1 Å². The summed E-state index contributed by atoms with van der Waals surface area (Å²) in [5.74, 6) is 0.145. The summed E-state index contributed by atoms with van der Waals surface area (Å²) in [5, 5.41) is 0. The molecule has 0 amide bonds. The van der Waals surface area contributed by atoms with Gasteiger partial charge in [0.2, 0.25) is 0 Å². The number of rotatable bonds is 2. The van der Waals surface area contributed by atoms with Crippen LogP contribution in [0.1, 0.15) is 32.1 Å². The Hall–Kier alpha value is 0.0800. The van der Waals surface area contributed by atoms with E-state index in [4.69, 9.17) is 11.6 Å². The Balaban J connectivity index is 2.55. The second-order valence-corrected chi connectivity index (χ2v) is 3.90. The van der Waals surface area contributed by atoms with Crippen molar-refractivity contribution in [2.24, 2.45) is 5.41 Å². The van der Waals surface area contributed by atoms with Crippen LogP contribution in [0, 0.1) is 5.41 Å². The molecule has 0 atom stereocenters. The average Bonchev–Trinajstić information content (AvgIpc) is 2.34. The highest BCUT2D eigenvalue weighted by Gasteiger charge is 2.43. The molecule has 1 fully saturated rings. The van der Waals surface area contributed by atoms with Crippen molar-refractivity contribution in [3.05, 3.63) is 0 Å². The van der Waals surface area contributed by atoms with E-state index < -0.39 is 18.0 Å². The maximum absolute atomic E-state index is 12.1. The lowest BCUT2D eigenvalue weighted by Crippen LogP contribution is -2.26. The van der Waals surface area contributed by atoms with Crippen LogP contribution in [0.5, 0.6) is 0 Å². The molecule has 1 rings (SSSR count). The number of hydrogen-bond donors (Lipinski definition) is 0. The molecule has 12 heavy (non-hydrogen) atoms. The highest BCUT2D eigenvalue weighted by Crippen LogP contribution is 2.46. The lowest BCUT2D eigenvalue weighted by Gasteiger charge is -2.27. The Morgan fingerprint density at radius 1 is 1.17 bits per heavy atom. The van der Waals surface area contributed by atoms with Crippen molar-refractivity contribution >= 4 is 11.6 Å². The fraction of sp³-hybridized carbons (Fsp3) is 1.00. The van der Waals surface area contributed by atoms with E-state index in [9.17, 15) is 13.2 Å². The Morgan fingerprint density at radius 3 is 2.00 bits per heavy atom. The average molecular weight is 201 g/mol. The lowest BCUT2D eigenvalue weighted by atomic mass is 9.85. The fourth-order valence-electron chi connectivity index (χ4n) is 1.91. The smallest absolute Gasteiger partial charge is 0.171 e. The molecule has 0 aromatic heterocycles. The van der Waals surface area contributed by atoms with Gasteiger partial charge in [-0.2, -0.15) is 13.2 Å². The zero-order valence-electron chi connectivity index (χ0n) is 6.75. The number of alkyl halides is 4. The first-order valence-corrected chi connectivity index (χ1v) is 4.64. The summed E-state index contributed by atoms with van der Waals surface area (Å²) in [4.78, 5) is 0. The van der Waals surface area contributed by atoms with Gasteiger partial charge in [0.25, 0.3) is 0 Å². The van der Waals surface area contributed by atoms with Crippen LogP contribution in [0.3, 0.4) is 0 Å². The molecule has 0 radical (unpaired) electrons. The van der Waals surface area contributed by atoms with Gasteiger partial charge in [0, 0.05) is 5.88 Å². The molecule has 1 saturated carbocycles. The first kappa shape index (κ1) is 10.2. The number of hydrogen-bond acceptors (Lipinski definition) is 0. The molecule has 0 nitrogen and oxygen atoms in total. The molecule has 0 heterocycles. The second-order valence-electron chi connectivity index (χ2n) is 3.63. The minimum atomic E-state index is -4.06. The van der Waals surface area contributed by atoms with E-state index in [1.807, 2.05) is 0 Å². The molecule has 0 saturated heterocycles. The van der Waals surface area contributed by atoms with Crippen LogP contribution < -0.4 is 0 Å². The van der Waals surface area contributed by atoms with Crippen molar-refractivity contribution in [3.8, 4) is 0 Å². The third-order valence-electron chi connectivity index (χ3n) is 2.52. The van der Waals surface area contributed by atoms with Crippen molar-refractivity contribution in [2.75, 3.05) is 5.88 Å². The molecule has 0 spiro atoms. The monoisotopic (exact) mass is 200 g/mol. The summed E-state index contributed by atoms with van der Waals surface area (Å²) in [6.07, 6.45) is -1.71.